The van der Waals surface area contributed by atoms with Crippen LogP contribution < -0.4 is 4.72 Å². The van der Waals surface area contributed by atoms with Crippen molar-refractivity contribution in [2.45, 2.75) is 31.0 Å². The predicted molar refractivity (Wildman–Crippen MR) is 85.9 cm³/mol. The van der Waals surface area contributed by atoms with E-state index >= 15 is 0 Å². The largest absolute Gasteiger partial charge is 0.436 e. The van der Waals surface area contributed by atoms with Crippen LogP contribution in [0.15, 0.2) is 33.6 Å². The summed E-state index contributed by atoms with van der Waals surface area (Å²) in [5.74, 6) is -0.556. The molecule has 0 amide bonds. The van der Waals surface area contributed by atoms with E-state index in [0.29, 0.717) is 5.69 Å². The van der Waals surface area contributed by atoms with Gasteiger partial charge in [-0.15, -0.1) is 0 Å². The Labute approximate surface area is 150 Å². The molecule has 0 saturated carbocycles. The van der Waals surface area contributed by atoms with E-state index in [1.165, 1.54) is 11.6 Å². The number of hydrogen-bond acceptors (Lipinski definition) is 3. The summed E-state index contributed by atoms with van der Waals surface area (Å²) in [5.41, 5.74) is -0.717. The third-order valence-corrected chi connectivity index (χ3v) is 5.79. The van der Waals surface area contributed by atoms with Gasteiger partial charge in [-0.25, -0.2) is 17.5 Å². The number of hydrogen-bond donors (Lipinski definition) is 1. The maximum Gasteiger partial charge on any atom is 0.436 e. The van der Waals surface area contributed by atoms with E-state index in [0.717, 1.165) is 24.3 Å². The zero-order valence-electron chi connectivity index (χ0n) is 12.9. The van der Waals surface area contributed by atoms with Crippen LogP contribution in [0.25, 0.3) is 0 Å². The van der Waals surface area contributed by atoms with Gasteiger partial charge in [0.25, 0.3) is 0 Å². The fraction of sp³-hybridized carbons (Fsp3) is 0.357. The zero-order valence-corrected chi connectivity index (χ0v) is 15.3. The third kappa shape index (κ3) is 4.79. The van der Waals surface area contributed by atoms with Crippen molar-refractivity contribution in [1.29, 1.82) is 0 Å². The minimum atomic E-state index is -4.57. The number of halogens is 5. The molecule has 1 aromatic heterocycles. The molecule has 2 aromatic rings. The molecule has 1 N–H and O–H groups in total. The van der Waals surface area contributed by atoms with E-state index in [4.69, 9.17) is 0 Å². The van der Waals surface area contributed by atoms with Gasteiger partial charge in [-0.2, -0.15) is 18.3 Å². The quantitative estimate of drug-likeness (QED) is 0.548. The molecule has 138 valence electrons. The van der Waals surface area contributed by atoms with Gasteiger partial charge in [0, 0.05) is 13.1 Å². The van der Waals surface area contributed by atoms with Crippen molar-refractivity contribution in [2.24, 2.45) is 0 Å². The number of benzene rings is 1. The number of nitrogens with one attached hydrogen (secondary N) is 1. The van der Waals surface area contributed by atoms with Gasteiger partial charge in [0.05, 0.1) is 15.1 Å². The maximum absolute atomic E-state index is 12.8. The van der Waals surface area contributed by atoms with Gasteiger partial charge in [-0.05, 0) is 53.5 Å². The van der Waals surface area contributed by atoms with Crippen LogP contribution in [0, 0.1) is 12.7 Å². The second kappa shape index (κ2) is 7.42. The van der Waals surface area contributed by atoms with Crippen LogP contribution in [0.4, 0.5) is 17.6 Å². The first-order valence-electron chi connectivity index (χ1n) is 7.07. The number of nitrogens with zero attached hydrogens (tertiary/aromatic N) is 2. The molecule has 0 spiro atoms. The molecule has 0 aliphatic carbocycles. The first-order chi connectivity index (χ1) is 11.5. The van der Waals surface area contributed by atoms with Gasteiger partial charge in [-0.1, -0.05) is 0 Å². The fourth-order valence-electron chi connectivity index (χ4n) is 2.06. The first-order valence-corrected chi connectivity index (χ1v) is 9.35. The van der Waals surface area contributed by atoms with E-state index in [1.807, 2.05) is 0 Å². The van der Waals surface area contributed by atoms with Gasteiger partial charge in [0.2, 0.25) is 10.0 Å². The number of alkyl halides is 3. The van der Waals surface area contributed by atoms with Crippen LogP contribution in [0.2, 0.25) is 0 Å². The summed E-state index contributed by atoms with van der Waals surface area (Å²) >= 11 is 2.87. The SMILES string of the molecule is Cc1c(Br)c(C(F)(F)F)nn1CCCNS(=O)(=O)c1ccc(F)cc1. The molecule has 1 heterocycles. The van der Waals surface area contributed by atoms with Crippen LogP contribution in [-0.2, 0) is 22.7 Å². The highest BCUT2D eigenvalue weighted by atomic mass is 79.9. The summed E-state index contributed by atoms with van der Waals surface area (Å²) in [6.07, 6.45) is -4.34. The van der Waals surface area contributed by atoms with E-state index in [-0.39, 0.29) is 28.9 Å². The van der Waals surface area contributed by atoms with E-state index in [2.05, 4.69) is 25.8 Å². The molecule has 0 radical (unpaired) electrons. The Bertz CT molecular complexity index is 848. The predicted octanol–water partition coefficient (Wildman–Crippen LogP) is 3.48. The zero-order chi connectivity index (χ0) is 18.8. The van der Waals surface area contributed by atoms with Crippen LogP contribution in [0.1, 0.15) is 17.8 Å². The molecule has 1 aromatic carbocycles. The second-order valence-corrected chi connectivity index (χ2v) is 7.73. The fourth-order valence-corrected chi connectivity index (χ4v) is 3.64. The summed E-state index contributed by atoms with van der Waals surface area (Å²) in [4.78, 5) is -0.0914. The maximum atomic E-state index is 12.8. The smallest absolute Gasteiger partial charge is 0.268 e. The average molecular weight is 444 g/mol. The van der Waals surface area contributed by atoms with Crippen molar-refractivity contribution in [3.63, 3.8) is 0 Å². The molecule has 2 rings (SSSR count). The first kappa shape index (κ1) is 19.9. The monoisotopic (exact) mass is 443 g/mol. The van der Waals surface area contributed by atoms with E-state index in [9.17, 15) is 26.0 Å². The van der Waals surface area contributed by atoms with Crippen LogP contribution in [0.3, 0.4) is 0 Å². The lowest BCUT2D eigenvalue weighted by Gasteiger charge is -2.08. The van der Waals surface area contributed by atoms with E-state index in [1.54, 1.807) is 0 Å². The molecule has 0 atom stereocenters. The Balaban J connectivity index is 1.96. The molecule has 0 unspecified atom stereocenters. The van der Waals surface area contributed by atoms with Crippen molar-refractivity contribution in [2.75, 3.05) is 6.54 Å². The standard InChI is InChI=1S/C14H14BrF4N3O2S/c1-9-12(15)13(14(17,18)19)21-22(9)8-2-7-20-25(23,24)11-5-3-10(16)4-6-11/h3-6,20H,2,7-8H2,1H3. The van der Waals surface area contributed by atoms with Crippen molar-refractivity contribution in [3.8, 4) is 0 Å². The Kier molecular flexibility index (Phi) is 5.89. The van der Waals surface area contributed by atoms with Gasteiger partial charge in [0.15, 0.2) is 5.69 Å². The summed E-state index contributed by atoms with van der Waals surface area (Å²) in [6.45, 7) is 1.58. The van der Waals surface area contributed by atoms with E-state index < -0.39 is 27.7 Å². The topological polar surface area (TPSA) is 64.0 Å². The molecule has 0 aliphatic rings. The third-order valence-electron chi connectivity index (χ3n) is 3.36. The highest BCUT2D eigenvalue weighted by Gasteiger charge is 2.37. The molecule has 0 aliphatic heterocycles. The number of aryl methyl sites for hydroxylation is 1. The summed E-state index contributed by atoms with van der Waals surface area (Å²) in [6, 6.07) is 4.31. The lowest BCUT2D eigenvalue weighted by atomic mass is 10.3. The van der Waals surface area contributed by atoms with Crippen molar-refractivity contribution in [1.82, 2.24) is 14.5 Å². The Hall–Kier alpha value is -1.46. The Morgan fingerprint density at radius 2 is 1.84 bits per heavy atom. The van der Waals surface area contributed by atoms with Gasteiger partial charge >= 0.3 is 6.18 Å². The van der Waals surface area contributed by atoms with Crippen molar-refractivity contribution >= 4 is 26.0 Å². The second-order valence-electron chi connectivity index (χ2n) is 5.17. The summed E-state index contributed by atoms with van der Waals surface area (Å²) < 4.78 is 78.5. The highest BCUT2D eigenvalue weighted by molar-refractivity contribution is 9.10. The molecule has 0 fully saturated rings. The van der Waals surface area contributed by atoms with Gasteiger partial charge in [0.1, 0.15) is 5.82 Å². The van der Waals surface area contributed by atoms with Gasteiger partial charge < -0.3 is 0 Å². The molecular formula is C14H14BrF4N3O2S. The highest BCUT2D eigenvalue weighted by Crippen LogP contribution is 2.35. The molecule has 0 bridgehead atoms. The van der Waals surface area contributed by atoms with Gasteiger partial charge in [-0.3, -0.25) is 4.68 Å². The minimum Gasteiger partial charge on any atom is -0.268 e. The minimum absolute atomic E-state index is 0.00200. The molecule has 11 heteroatoms. The number of rotatable bonds is 6. The number of sulfonamides is 1. The Morgan fingerprint density at radius 1 is 1.24 bits per heavy atom. The number of aromatic nitrogens is 2. The van der Waals surface area contributed by atoms with Crippen LogP contribution in [0.5, 0.6) is 0 Å². The van der Waals surface area contributed by atoms with Crippen LogP contribution in [-0.4, -0.2) is 24.7 Å². The molecule has 0 saturated heterocycles. The summed E-state index contributed by atoms with van der Waals surface area (Å²) in [7, 11) is -3.80. The molecular weight excluding hydrogens is 430 g/mol. The Morgan fingerprint density at radius 3 is 2.36 bits per heavy atom. The lowest BCUT2D eigenvalue weighted by Crippen LogP contribution is -2.25. The molecule has 25 heavy (non-hydrogen) atoms. The summed E-state index contributed by atoms with van der Waals surface area (Å²) in [5, 5.41) is 3.51. The molecule has 5 nitrogen and oxygen atoms in total. The lowest BCUT2D eigenvalue weighted by molar-refractivity contribution is -0.142. The van der Waals surface area contributed by atoms with Crippen LogP contribution >= 0.6 is 15.9 Å². The van der Waals surface area contributed by atoms with Crippen molar-refractivity contribution in [3.05, 3.63) is 45.9 Å². The normalized spacial score (nSPS) is 12.6. The average Bonchev–Trinajstić information content (AvgIpc) is 2.80. The van der Waals surface area contributed by atoms with Crippen molar-refractivity contribution < 1.29 is 26.0 Å².